The summed E-state index contributed by atoms with van der Waals surface area (Å²) in [6.07, 6.45) is 16.5. The Labute approximate surface area is 188 Å². The van der Waals surface area contributed by atoms with Gasteiger partial charge in [0.05, 0.1) is 12.2 Å². The minimum absolute atomic E-state index is 0.307. The van der Waals surface area contributed by atoms with E-state index in [1.807, 2.05) is 6.92 Å². The predicted molar refractivity (Wildman–Crippen MR) is 123 cm³/mol. The van der Waals surface area contributed by atoms with Crippen molar-refractivity contribution in [1.82, 2.24) is 0 Å². The van der Waals surface area contributed by atoms with Crippen LogP contribution in [-0.4, -0.2) is 28.8 Å². The maximum absolute atomic E-state index is 11.9. The highest BCUT2D eigenvalue weighted by Gasteiger charge is 2.35. The molecule has 31 heavy (non-hydrogen) atoms. The summed E-state index contributed by atoms with van der Waals surface area (Å²) >= 11 is 0. The molecule has 1 unspecified atom stereocenters. The zero-order valence-electron chi connectivity index (χ0n) is 19.9. The Kier molecular flexibility index (Phi) is 10.9. The molecule has 0 spiro atoms. The minimum Gasteiger partial charge on any atom is -0.512 e. The number of carbonyl (C=O) groups is 2. The largest absolute Gasteiger partial charge is 0.512 e. The normalized spacial score (nSPS) is 31.4. The molecule has 5 heteroatoms. The quantitative estimate of drug-likeness (QED) is 0.454. The van der Waals surface area contributed by atoms with Gasteiger partial charge in [-0.15, -0.1) is 0 Å². The van der Waals surface area contributed by atoms with Crippen LogP contribution in [0.4, 0.5) is 0 Å². The highest BCUT2D eigenvalue weighted by atomic mass is 16.5. The van der Waals surface area contributed by atoms with Crippen molar-refractivity contribution in [2.24, 2.45) is 29.6 Å². The van der Waals surface area contributed by atoms with E-state index < -0.39 is 5.97 Å². The average molecular weight is 437 g/mol. The van der Waals surface area contributed by atoms with Crippen LogP contribution in [0, 0.1) is 29.6 Å². The van der Waals surface area contributed by atoms with E-state index in [2.05, 4.69) is 6.92 Å². The van der Waals surface area contributed by atoms with Crippen LogP contribution >= 0.6 is 0 Å². The number of hydrogen-bond donors (Lipinski definition) is 2. The number of carboxylic acid groups (broad SMARTS) is 1. The van der Waals surface area contributed by atoms with Crippen LogP contribution in [0.15, 0.2) is 11.3 Å². The summed E-state index contributed by atoms with van der Waals surface area (Å²) in [5.41, 5.74) is 0.533. The number of esters is 1. The first-order valence-corrected chi connectivity index (χ1v) is 12.6. The van der Waals surface area contributed by atoms with Gasteiger partial charge in [-0.25, -0.2) is 4.79 Å². The first kappa shape index (κ1) is 25.7. The van der Waals surface area contributed by atoms with E-state index in [-0.39, 0.29) is 5.97 Å². The number of rotatable bonds is 6. The maximum atomic E-state index is 11.9. The number of carbonyl (C=O) groups excluding carboxylic acids is 1. The Morgan fingerprint density at radius 3 is 1.81 bits per heavy atom. The van der Waals surface area contributed by atoms with Crippen molar-refractivity contribution in [2.45, 2.75) is 104 Å². The van der Waals surface area contributed by atoms with Crippen molar-refractivity contribution >= 4 is 11.9 Å². The van der Waals surface area contributed by atoms with Crippen molar-refractivity contribution < 1.29 is 24.5 Å². The molecule has 178 valence electrons. The van der Waals surface area contributed by atoms with Crippen molar-refractivity contribution in [3.8, 4) is 0 Å². The minimum atomic E-state index is -0.833. The third-order valence-electron chi connectivity index (χ3n) is 7.83. The average Bonchev–Trinajstić information content (AvgIpc) is 2.74. The highest BCUT2D eigenvalue weighted by molar-refractivity contribution is 5.89. The molecule has 0 bridgehead atoms. The lowest BCUT2D eigenvalue weighted by Gasteiger charge is -2.40. The lowest BCUT2D eigenvalue weighted by Crippen LogP contribution is -2.30. The van der Waals surface area contributed by atoms with Gasteiger partial charge in [-0.1, -0.05) is 32.6 Å². The zero-order chi connectivity index (χ0) is 22.8. The second-order valence-corrected chi connectivity index (χ2v) is 9.91. The summed E-state index contributed by atoms with van der Waals surface area (Å²) in [7, 11) is 0. The number of aliphatic carboxylic acids is 1. The smallest absolute Gasteiger partial charge is 0.337 e. The summed E-state index contributed by atoms with van der Waals surface area (Å²) in [5, 5.41) is 17.8. The van der Waals surface area contributed by atoms with E-state index in [0.29, 0.717) is 36.7 Å². The SMILES string of the molecule is CC(=O)O.CCC[C@H]1CC[C@H]([C@H]2CC[C@H](C3CCC(C(=O)OCC)=C(O)C3)CC2)CC1. The maximum Gasteiger partial charge on any atom is 0.337 e. The fourth-order valence-corrected chi connectivity index (χ4v) is 6.23. The Morgan fingerprint density at radius 2 is 1.35 bits per heavy atom. The van der Waals surface area contributed by atoms with Gasteiger partial charge in [-0.2, -0.15) is 0 Å². The molecule has 0 saturated heterocycles. The topological polar surface area (TPSA) is 83.8 Å². The molecule has 2 N–H and O–H groups in total. The summed E-state index contributed by atoms with van der Waals surface area (Å²) in [4.78, 5) is 20.9. The number of aliphatic hydroxyl groups excluding tert-OH is 1. The summed E-state index contributed by atoms with van der Waals surface area (Å²) in [6, 6.07) is 0. The molecule has 0 aliphatic heterocycles. The molecule has 5 nitrogen and oxygen atoms in total. The van der Waals surface area contributed by atoms with E-state index in [9.17, 15) is 9.90 Å². The van der Waals surface area contributed by atoms with Crippen LogP contribution in [0.25, 0.3) is 0 Å². The van der Waals surface area contributed by atoms with Crippen molar-refractivity contribution in [3.05, 3.63) is 11.3 Å². The van der Waals surface area contributed by atoms with E-state index in [0.717, 1.165) is 37.0 Å². The van der Waals surface area contributed by atoms with E-state index in [1.54, 1.807) is 0 Å². The standard InChI is InChI=1S/C24H40O3.C2H4O2/c1-3-5-17-6-8-18(9-7-17)19-10-12-20(13-11-19)21-14-15-22(23(25)16-21)24(26)27-4-2;1-2(3)4/h17-21,25H,3-16H2,1-2H3;1H3,(H,3,4)/t17-,18-,19-,20-,21?;. The van der Waals surface area contributed by atoms with Crippen molar-refractivity contribution in [1.29, 1.82) is 0 Å². The molecule has 3 aliphatic rings. The molecule has 0 aromatic heterocycles. The second kappa shape index (κ2) is 13.1. The van der Waals surface area contributed by atoms with Crippen LogP contribution in [-0.2, 0) is 14.3 Å². The predicted octanol–water partition coefficient (Wildman–Crippen LogP) is 6.67. The van der Waals surface area contributed by atoms with E-state index in [4.69, 9.17) is 14.6 Å². The number of hydrogen-bond acceptors (Lipinski definition) is 4. The van der Waals surface area contributed by atoms with Crippen LogP contribution in [0.5, 0.6) is 0 Å². The van der Waals surface area contributed by atoms with Gasteiger partial charge in [0, 0.05) is 13.3 Å². The monoisotopic (exact) mass is 436 g/mol. The van der Waals surface area contributed by atoms with Gasteiger partial charge in [0.2, 0.25) is 0 Å². The van der Waals surface area contributed by atoms with Gasteiger partial charge in [0.15, 0.2) is 0 Å². The molecule has 0 aromatic rings. The lowest BCUT2D eigenvalue weighted by atomic mass is 9.65. The molecular formula is C26H44O5. The van der Waals surface area contributed by atoms with Crippen molar-refractivity contribution in [2.75, 3.05) is 6.61 Å². The molecule has 0 heterocycles. The van der Waals surface area contributed by atoms with Crippen LogP contribution in [0.2, 0.25) is 0 Å². The molecule has 0 aromatic carbocycles. The molecule has 3 aliphatic carbocycles. The Morgan fingerprint density at radius 1 is 0.871 bits per heavy atom. The summed E-state index contributed by atoms with van der Waals surface area (Å²) in [6.45, 7) is 5.60. The van der Waals surface area contributed by atoms with E-state index >= 15 is 0 Å². The Balaban J connectivity index is 0.000000785. The number of ether oxygens (including phenoxy) is 1. The fraction of sp³-hybridized carbons (Fsp3) is 0.846. The van der Waals surface area contributed by atoms with E-state index in [1.165, 1.54) is 64.2 Å². The fourth-order valence-electron chi connectivity index (χ4n) is 6.23. The van der Waals surface area contributed by atoms with Crippen LogP contribution in [0.1, 0.15) is 104 Å². The molecule has 0 amide bonds. The second-order valence-electron chi connectivity index (χ2n) is 9.91. The number of allylic oxidation sites excluding steroid dienone is 1. The Bertz CT molecular complexity index is 591. The third-order valence-corrected chi connectivity index (χ3v) is 7.83. The number of aliphatic hydroxyl groups is 1. The molecule has 2 saturated carbocycles. The van der Waals surface area contributed by atoms with Gasteiger partial charge in [-0.3, -0.25) is 4.79 Å². The first-order valence-electron chi connectivity index (χ1n) is 12.6. The lowest BCUT2D eigenvalue weighted by molar-refractivity contribution is -0.139. The molecular weight excluding hydrogens is 392 g/mol. The zero-order valence-corrected chi connectivity index (χ0v) is 19.9. The van der Waals surface area contributed by atoms with Crippen molar-refractivity contribution in [3.63, 3.8) is 0 Å². The van der Waals surface area contributed by atoms with Gasteiger partial charge >= 0.3 is 5.97 Å². The van der Waals surface area contributed by atoms with Gasteiger partial charge < -0.3 is 14.9 Å². The summed E-state index contributed by atoms with van der Waals surface area (Å²) in [5.74, 6) is 3.40. The molecule has 1 atom stereocenters. The molecule has 2 fully saturated rings. The van der Waals surface area contributed by atoms with Gasteiger partial charge in [0.25, 0.3) is 5.97 Å². The molecule has 3 rings (SSSR count). The third kappa shape index (κ3) is 8.16. The highest BCUT2D eigenvalue weighted by Crippen LogP contribution is 2.46. The van der Waals surface area contributed by atoms with Gasteiger partial charge in [0.1, 0.15) is 5.76 Å². The van der Waals surface area contributed by atoms with Gasteiger partial charge in [-0.05, 0) is 87.9 Å². The number of carboxylic acids is 1. The summed E-state index contributed by atoms with van der Waals surface area (Å²) < 4.78 is 5.08. The van der Waals surface area contributed by atoms with Crippen LogP contribution in [0.3, 0.4) is 0 Å². The van der Waals surface area contributed by atoms with Crippen LogP contribution < -0.4 is 0 Å². The Hall–Kier alpha value is -1.52. The molecule has 0 radical (unpaired) electrons. The first-order chi connectivity index (χ1) is 14.8.